The van der Waals surface area contributed by atoms with Crippen molar-refractivity contribution in [2.24, 2.45) is 0 Å². The fraction of sp³-hybridized carbons (Fsp3) is 0.296. The van der Waals surface area contributed by atoms with Crippen LogP contribution in [0.5, 0.6) is 17.2 Å². The van der Waals surface area contributed by atoms with Gasteiger partial charge in [-0.15, -0.1) is 0 Å². The maximum atomic E-state index is 10.7. The first-order chi connectivity index (χ1) is 16.4. The lowest BCUT2D eigenvalue weighted by Crippen LogP contribution is -2.28. The maximum absolute atomic E-state index is 10.7. The van der Waals surface area contributed by atoms with Crippen LogP contribution in [0.2, 0.25) is 0 Å². The third-order valence-corrected chi connectivity index (χ3v) is 5.60. The quantitative estimate of drug-likeness (QED) is 0.369. The molecule has 0 bridgehead atoms. The van der Waals surface area contributed by atoms with Crippen molar-refractivity contribution < 1.29 is 29.2 Å². The Kier molecular flexibility index (Phi) is 8.90. The summed E-state index contributed by atoms with van der Waals surface area (Å²) in [7, 11) is 3.13. The Morgan fingerprint density at radius 1 is 1.00 bits per heavy atom. The lowest BCUT2D eigenvalue weighted by atomic mass is 9.97. The fourth-order valence-corrected chi connectivity index (χ4v) is 3.79. The van der Waals surface area contributed by atoms with E-state index >= 15 is 0 Å². The zero-order valence-corrected chi connectivity index (χ0v) is 19.7. The number of hydrogen-bond donors (Lipinski definition) is 3. The second-order valence-corrected chi connectivity index (χ2v) is 7.93. The van der Waals surface area contributed by atoms with E-state index in [9.17, 15) is 9.90 Å². The van der Waals surface area contributed by atoms with Crippen LogP contribution in [-0.4, -0.2) is 43.1 Å². The minimum atomic E-state index is -1.05. The highest BCUT2D eigenvalue weighted by Crippen LogP contribution is 2.35. The summed E-state index contributed by atoms with van der Waals surface area (Å²) in [5.74, 6) is 0.706. The van der Waals surface area contributed by atoms with Crippen LogP contribution in [0.3, 0.4) is 0 Å². The summed E-state index contributed by atoms with van der Waals surface area (Å²) in [6.45, 7) is 2.95. The van der Waals surface area contributed by atoms with E-state index in [1.54, 1.807) is 26.4 Å². The third-order valence-electron chi connectivity index (χ3n) is 5.60. The number of aliphatic hydroxyl groups is 1. The van der Waals surface area contributed by atoms with Gasteiger partial charge in [-0.05, 0) is 29.2 Å². The van der Waals surface area contributed by atoms with E-state index < -0.39 is 12.1 Å². The van der Waals surface area contributed by atoms with Gasteiger partial charge in [0.25, 0.3) is 0 Å². The molecule has 0 saturated heterocycles. The highest BCUT2D eigenvalue weighted by atomic mass is 16.5. The molecule has 0 amide bonds. The van der Waals surface area contributed by atoms with Crippen molar-refractivity contribution in [2.45, 2.75) is 32.6 Å². The molecule has 0 unspecified atom stereocenters. The second kappa shape index (κ2) is 12.1. The number of nitrogens with one attached hydrogen (secondary N) is 1. The van der Waals surface area contributed by atoms with Crippen molar-refractivity contribution in [1.82, 2.24) is 5.32 Å². The minimum absolute atomic E-state index is 0.133. The largest absolute Gasteiger partial charge is 0.496 e. The van der Waals surface area contributed by atoms with Gasteiger partial charge in [0.1, 0.15) is 23.9 Å². The Morgan fingerprint density at radius 2 is 1.68 bits per heavy atom. The summed E-state index contributed by atoms with van der Waals surface area (Å²) in [6.07, 6.45) is -1.30. The number of carbonyl (C=O) groups is 1. The molecule has 7 heteroatoms. The van der Waals surface area contributed by atoms with Gasteiger partial charge >= 0.3 is 5.97 Å². The average molecular weight is 466 g/mol. The van der Waals surface area contributed by atoms with E-state index in [0.29, 0.717) is 30.4 Å². The van der Waals surface area contributed by atoms with E-state index in [4.69, 9.17) is 19.3 Å². The monoisotopic (exact) mass is 465 g/mol. The van der Waals surface area contributed by atoms with Gasteiger partial charge in [-0.25, -0.2) is 0 Å². The molecule has 180 valence electrons. The van der Waals surface area contributed by atoms with Gasteiger partial charge in [0.05, 0.1) is 32.3 Å². The van der Waals surface area contributed by atoms with Crippen LogP contribution < -0.4 is 19.5 Å². The van der Waals surface area contributed by atoms with Crippen molar-refractivity contribution in [1.29, 1.82) is 0 Å². The first-order valence-corrected chi connectivity index (χ1v) is 11.0. The molecule has 3 aromatic carbocycles. The number of benzene rings is 3. The molecule has 34 heavy (non-hydrogen) atoms. The lowest BCUT2D eigenvalue weighted by Gasteiger charge is -2.18. The van der Waals surface area contributed by atoms with Gasteiger partial charge in [-0.2, -0.15) is 0 Å². The Hall–Kier alpha value is -3.55. The molecule has 0 aliphatic heterocycles. The van der Waals surface area contributed by atoms with Crippen molar-refractivity contribution >= 4 is 5.97 Å². The molecule has 0 radical (unpaired) electrons. The number of carboxylic acids is 1. The number of ether oxygens (including phenoxy) is 3. The Morgan fingerprint density at radius 3 is 2.29 bits per heavy atom. The molecule has 3 N–H and O–H groups in total. The zero-order chi connectivity index (χ0) is 24.5. The van der Waals surface area contributed by atoms with Crippen LogP contribution in [0.25, 0.3) is 11.1 Å². The fourth-order valence-electron chi connectivity index (χ4n) is 3.79. The molecule has 0 aromatic heterocycles. The van der Waals surface area contributed by atoms with Gasteiger partial charge < -0.3 is 29.7 Å². The number of carboxylic acid groups (broad SMARTS) is 1. The molecule has 3 aromatic rings. The lowest BCUT2D eigenvalue weighted by molar-refractivity contribution is -0.139. The molecular weight excluding hydrogens is 434 g/mol. The number of methoxy groups -OCH3 is 2. The van der Waals surface area contributed by atoms with Gasteiger partial charge in [0.2, 0.25) is 0 Å². The van der Waals surface area contributed by atoms with Crippen LogP contribution in [0.4, 0.5) is 0 Å². The number of hydrogen-bond acceptors (Lipinski definition) is 6. The summed E-state index contributed by atoms with van der Waals surface area (Å²) in [5.41, 5.74) is 5.33. The summed E-state index contributed by atoms with van der Waals surface area (Å²) in [6, 6.07) is 20.0. The minimum Gasteiger partial charge on any atom is -0.496 e. The highest BCUT2D eigenvalue weighted by Gasteiger charge is 2.16. The molecule has 0 aliphatic rings. The van der Waals surface area contributed by atoms with Crippen LogP contribution in [0, 0.1) is 6.92 Å². The summed E-state index contributed by atoms with van der Waals surface area (Å²) >= 11 is 0. The van der Waals surface area contributed by atoms with Gasteiger partial charge in [0.15, 0.2) is 0 Å². The van der Waals surface area contributed by atoms with Crippen LogP contribution >= 0.6 is 0 Å². The summed E-state index contributed by atoms with van der Waals surface area (Å²) in [5, 5.41) is 21.6. The average Bonchev–Trinajstić information content (AvgIpc) is 2.83. The predicted molar refractivity (Wildman–Crippen MR) is 130 cm³/mol. The maximum Gasteiger partial charge on any atom is 0.306 e. The Balaban J connectivity index is 1.73. The molecule has 0 saturated carbocycles. The molecule has 0 aliphatic carbocycles. The Labute approximate surface area is 199 Å². The standard InChI is InChI=1S/C27H31NO6/c1-18-20(10-7-11-23(18)19-8-5-4-6-9-19)17-34-22-13-25(32-2)24(26(14-22)33-3)16-28-15-21(29)12-27(30)31/h4-11,13-14,21,28-29H,12,15-17H2,1-3H3,(H,30,31)/t21-/m0/s1. The first-order valence-electron chi connectivity index (χ1n) is 11.0. The van der Waals surface area contributed by atoms with E-state index in [0.717, 1.165) is 22.3 Å². The van der Waals surface area contributed by atoms with Gasteiger partial charge in [-0.3, -0.25) is 4.79 Å². The molecule has 7 nitrogen and oxygen atoms in total. The van der Waals surface area contributed by atoms with E-state index in [2.05, 4.69) is 36.5 Å². The normalized spacial score (nSPS) is 11.6. The third kappa shape index (κ3) is 6.50. The first kappa shape index (κ1) is 25.1. The number of rotatable bonds is 12. The van der Waals surface area contributed by atoms with Crippen molar-refractivity contribution in [3.05, 3.63) is 77.4 Å². The van der Waals surface area contributed by atoms with Crippen LogP contribution in [0.15, 0.2) is 60.7 Å². The predicted octanol–water partition coefficient (Wildman–Crippen LogP) is 4.18. The van der Waals surface area contributed by atoms with E-state index in [-0.39, 0.29) is 13.0 Å². The van der Waals surface area contributed by atoms with Crippen LogP contribution in [0.1, 0.15) is 23.1 Å². The molecule has 0 fully saturated rings. The van der Waals surface area contributed by atoms with Gasteiger partial charge in [-0.1, -0.05) is 48.5 Å². The van der Waals surface area contributed by atoms with Gasteiger partial charge in [0, 0.05) is 25.2 Å². The zero-order valence-electron chi connectivity index (χ0n) is 19.7. The van der Waals surface area contributed by atoms with Crippen LogP contribution in [-0.2, 0) is 17.9 Å². The SMILES string of the molecule is COc1cc(OCc2cccc(-c3ccccc3)c2C)cc(OC)c1CNC[C@@H](O)CC(=O)O. The number of aliphatic hydroxyl groups excluding tert-OH is 1. The topological polar surface area (TPSA) is 97.3 Å². The van der Waals surface area contributed by atoms with Crippen molar-refractivity contribution in [3.63, 3.8) is 0 Å². The Bertz CT molecular complexity index is 1070. The van der Waals surface area contributed by atoms with Crippen molar-refractivity contribution in [3.8, 4) is 28.4 Å². The van der Waals surface area contributed by atoms with E-state index in [1.165, 1.54) is 5.56 Å². The smallest absolute Gasteiger partial charge is 0.306 e. The van der Waals surface area contributed by atoms with Crippen molar-refractivity contribution in [2.75, 3.05) is 20.8 Å². The number of aliphatic carboxylic acids is 1. The highest BCUT2D eigenvalue weighted by molar-refractivity contribution is 5.68. The summed E-state index contributed by atoms with van der Waals surface area (Å²) < 4.78 is 17.2. The molecule has 0 spiro atoms. The second-order valence-electron chi connectivity index (χ2n) is 7.93. The summed E-state index contributed by atoms with van der Waals surface area (Å²) in [4.78, 5) is 10.7. The molecular formula is C27H31NO6. The molecule has 3 rings (SSSR count). The van der Waals surface area contributed by atoms with E-state index in [1.807, 2.05) is 24.3 Å². The molecule has 0 heterocycles. The molecule has 1 atom stereocenters.